The van der Waals surface area contributed by atoms with Gasteiger partial charge in [-0.15, -0.1) is 0 Å². The molecule has 4 atom stereocenters. The lowest BCUT2D eigenvalue weighted by Crippen LogP contribution is -2.70. The zero-order valence-electron chi connectivity index (χ0n) is 14.6. The Kier molecular flexibility index (Phi) is 4.37. The van der Waals surface area contributed by atoms with Crippen LogP contribution in [0.15, 0.2) is 0 Å². The van der Waals surface area contributed by atoms with E-state index in [1.807, 2.05) is 0 Å². The van der Waals surface area contributed by atoms with Gasteiger partial charge in [0.2, 0.25) is 0 Å². The van der Waals surface area contributed by atoms with Gasteiger partial charge in [0.1, 0.15) is 0 Å². The highest BCUT2D eigenvalue weighted by molar-refractivity contribution is 5.08. The van der Waals surface area contributed by atoms with Gasteiger partial charge < -0.3 is 10.1 Å². The second-order valence-electron chi connectivity index (χ2n) is 8.38. The van der Waals surface area contributed by atoms with Crippen LogP contribution in [0.4, 0.5) is 0 Å². The van der Waals surface area contributed by atoms with Crippen molar-refractivity contribution >= 4 is 0 Å². The molecule has 2 aliphatic carbocycles. The van der Waals surface area contributed by atoms with Gasteiger partial charge in [0.05, 0.1) is 6.10 Å². The maximum atomic E-state index is 5.95. The standard InChI is InChI=1S/C18H34N2O/c1-6-21-17-9-16(18(17,4)5)20-11-14(13-7-8-13)19-10-15(20)12(2)3/h12-17,19H,6-11H2,1-5H3. The van der Waals surface area contributed by atoms with Crippen LogP contribution >= 0.6 is 0 Å². The van der Waals surface area contributed by atoms with Crippen LogP contribution < -0.4 is 5.32 Å². The first-order valence-corrected chi connectivity index (χ1v) is 9.05. The smallest absolute Gasteiger partial charge is 0.0655 e. The van der Waals surface area contributed by atoms with Crippen molar-refractivity contribution in [2.45, 2.75) is 78.1 Å². The Balaban J connectivity index is 1.70. The minimum absolute atomic E-state index is 0.300. The molecule has 1 saturated heterocycles. The van der Waals surface area contributed by atoms with E-state index < -0.39 is 0 Å². The van der Waals surface area contributed by atoms with Gasteiger partial charge in [-0.05, 0) is 38.0 Å². The zero-order valence-corrected chi connectivity index (χ0v) is 14.6. The van der Waals surface area contributed by atoms with Crippen LogP contribution in [0.5, 0.6) is 0 Å². The lowest BCUT2D eigenvalue weighted by molar-refractivity contribution is -0.166. The molecule has 0 aromatic heterocycles. The Morgan fingerprint density at radius 1 is 1.29 bits per heavy atom. The summed E-state index contributed by atoms with van der Waals surface area (Å²) in [5.41, 5.74) is 0.300. The first kappa shape index (κ1) is 15.8. The van der Waals surface area contributed by atoms with Crippen LogP contribution in [0.1, 0.15) is 53.9 Å². The largest absolute Gasteiger partial charge is 0.378 e. The minimum atomic E-state index is 0.300. The summed E-state index contributed by atoms with van der Waals surface area (Å²) in [7, 11) is 0. The summed E-state index contributed by atoms with van der Waals surface area (Å²) in [5.74, 6) is 1.67. The van der Waals surface area contributed by atoms with Crippen molar-refractivity contribution in [1.82, 2.24) is 10.2 Å². The Hall–Kier alpha value is -0.120. The molecule has 0 radical (unpaired) electrons. The van der Waals surface area contributed by atoms with Gasteiger partial charge in [0, 0.05) is 43.2 Å². The average molecular weight is 294 g/mol. The SMILES string of the molecule is CCOC1CC(N2CC(C3CC3)NCC2C(C)C)C1(C)C. The van der Waals surface area contributed by atoms with Crippen LogP contribution in [0.25, 0.3) is 0 Å². The quantitative estimate of drug-likeness (QED) is 0.844. The third-order valence-corrected chi connectivity index (χ3v) is 6.28. The number of nitrogens with one attached hydrogen (secondary N) is 1. The number of nitrogens with zero attached hydrogens (tertiary/aromatic N) is 1. The van der Waals surface area contributed by atoms with Gasteiger partial charge >= 0.3 is 0 Å². The van der Waals surface area contributed by atoms with E-state index in [0.29, 0.717) is 23.6 Å². The molecular weight excluding hydrogens is 260 g/mol. The zero-order chi connectivity index (χ0) is 15.2. The summed E-state index contributed by atoms with van der Waals surface area (Å²) in [5, 5.41) is 3.84. The van der Waals surface area contributed by atoms with Crippen molar-refractivity contribution in [3.63, 3.8) is 0 Å². The molecule has 3 rings (SSSR count). The van der Waals surface area contributed by atoms with Crippen molar-refractivity contribution in [2.24, 2.45) is 17.3 Å². The third kappa shape index (κ3) is 2.89. The molecule has 3 nitrogen and oxygen atoms in total. The molecule has 1 N–H and O–H groups in total. The van der Waals surface area contributed by atoms with Gasteiger partial charge in [0.25, 0.3) is 0 Å². The third-order valence-electron chi connectivity index (χ3n) is 6.28. The number of piperazine rings is 1. The molecule has 3 aliphatic rings. The summed E-state index contributed by atoms with van der Waals surface area (Å²) in [6.07, 6.45) is 4.55. The van der Waals surface area contributed by atoms with E-state index in [2.05, 4.69) is 44.8 Å². The molecule has 0 bridgehead atoms. The predicted molar refractivity (Wildman–Crippen MR) is 87.4 cm³/mol. The maximum Gasteiger partial charge on any atom is 0.0655 e. The predicted octanol–water partition coefficient (Wildman–Crippen LogP) is 2.90. The van der Waals surface area contributed by atoms with E-state index in [1.165, 1.54) is 32.4 Å². The molecule has 1 heterocycles. The fourth-order valence-electron chi connectivity index (χ4n) is 4.52. The van der Waals surface area contributed by atoms with Crippen LogP contribution in [0, 0.1) is 17.3 Å². The second-order valence-corrected chi connectivity index (χ2v) is 8.38. The van der Waals surface area contributed by atoms with E-state index in [0.717, 1.165) is 24.5 Å². The molecule has 0 spiro atoms. The van der Waals surface area contributed by atoms with Crippen molar-refractivity contribution in [1.29, 1.82) is 0 Å². The fraction of sp³-hybridized carbons (Fsp3) is 1.00. The Morgan fingerprint density at radius 3 is 2.52 bits per heavy atom. The Labute approximate surface area is 130 Å². The molecule has 0 aromatic rings. The fourth-order valence-corrected chi connectivity index (χ4v) is 4.52. The van der Waals surface area contributed by atoms with Crippen molar-refractivity contribution in [3.8, 4) is 0 Å². The van der Waals surface area contributed by atoms with E-state index in [-0.39, 0.29) is 0 Å². The van der Waals surface area contributed by atoms with Gasteiger partial charge in [-0.1, -0.05) is 27.7 Å². The van der Waals surface area contributed by atoms with Crippen molar-refractivity contribution in [2.75, 3.05) is 19.7 Å². The Morgan fingerprint density at radius 2 is 2.00 bits per heavy atom. The second kappa shape index (κ2) is 5.82. The maximum absolute atomic E-state index is 5.95. The van der Waals surface area contributed by atoms with Gasteiger partial charge in [0.15, 0.2) is 0 Å². The van der Waals surface area contributed by atoms with Crippen molar-refractivity contribution in [3.05, 3.63) is 0 Å². The van der Waals surface area contributed by atoms with Gasteiger partial charge in [-0.3, -0.25) is 4.90 Å². The van der Waals surface area contributed by atoms with Crippen LogP contribution in [-0.2, 0) is 4.74 Å². The van der Waals surface area contributed by atoms with Crippen LogP contribution in [0.2, 0.25) is 0 Å². The number of hydrogen-bond donors (Lipinski definition) is 1. The van der Waals surface area contributed by atoms with E-state index in [4.69, 9.17) is 4.74 Å². The van der Waals surface area contributed by atoms with Crippen molar-refractivity contribution < 1.29 is 4.74 Å². The molecule has 1 aliphatic heterocycles. The average Bonchev–Trinajstić information content (AvgIpc) is 3.27. The van der Waals surface area contributed by atoms with Gasteiger partial charge in [-0.2, -0.15) is 0 Å². The molecular formula is C18H34N2O. The van der Waals surface area contributed by atoms with E-state index in [9.17, 15) is 0 Å². The lowest BCUT2D eigenvalue weighted by Gasteiger charge is -2.60. The lowest BCUT2D eigenvalue weighted by atomic mass is 9.63. The van der Waals surface area contributed by atoms with E-state index in [1.54, 1.807) is 0 Å². The monoisotopic (exact) mass is 294 g/mol. The molecule has 3 heteroatoms. The molecule has 0 aromatic carbocycles. The van der Waals surface area contributed by atoms with Gasteiger partial charge in [-0.25, -0.2) is 0 Å². The number of hydrogen-bond acceptors (Lipinski definition) is 3. The van der Waals surface area contributed by atoms with Crippen LogP contribution in [0.3, 0.4) is 0 Å². The summed E-state index contributed by atoms with van der Waals surface area (Å²) in [6.45, 7) is 15.0. The summed E-state index contributed by atoms with van der Waals surface area (Å²) in [4.78, 5) is 2.85. The molecule has 0 amide bonds. The highest BCUT2D eigenvalue weighted by Gasteiger charge is 2.54. The molecule has 21 heavy (non-hydrogen) atoms. The first-order chi connectivity index (χ1) is 9.95. The van der Waals surface area contributed by atoms with Crippen LogP contribution in [-0.4, -0.2) is 48.8 Å². The minimum Gasteiger partial charge on any atom is -0.378 e. The number of rotatable bonds is 5. The molecule has 122 valence electrons. The number of ether oxygens (including phenoxy) is 1. The summed E-state index contributed by atoms with van der Waals surface area (Å²) >= 11 is 0. The van der Waals surface area contributed by atoms with E-state index >= 15 is 0 Å². The first-order valence-electron chi connectivity index (χ1n) is 9.05. The highest BCUT2D eigenvalue weighted by Crippen LogP contribution is 2.48. The molecule has 4 unspecified atom stereocenters. The summed E-state index contributed by atoms with van der Waals surface area (Å²) in [6, 6.07) is 2.12. The Bertz CT molecular complexity index is 364. The topological polar surface area (TPSA) is 24.5 Å². The highest BCUT2D eigenvalue weighted by atomic mass is 16.5. The normalized spacial score (nSPS) is 40.3. The summed E-state index contributed by atoms with van der Waals surface area (Å²) < 4.78 is 5.95. The molecule has 2 saturated carbocycles. The molecule has 3 fully saturated rings.